The average Bonchev–Trinajstić information content (AvgIpc) is 2.83. The van der Waals surface area contributed by atoms with Gasteiger partial charge in [0, 0.05) is 47.3 Å². The van der Waals surface area contributed by atoms with Crippen LogP contribution in [-0.4, -0.2) is 61.3 Å². The number of hydrogen-bond acceptors (Lipinski definition) is 6. The summed E-state index contributed by atoms with van der Waals surface area (Å²) in [6.07, 6.45) is 2.02. The third kappa shape index (κ3) is 5.12. The molecule has 1 aromatic carbocycles. The number of carbonyl (C=O) groups excluding carboxylic acids is 1. The molecule has 3 aliphatic heterocycles. The van der Waals surface area contributed by atoms with Gasteiger partial charge in [-0.3, -0.25) is 9.59 Å². The SMILES string of the molecule is Cc1cc(C)c(CNC(=O)c2cc(Cl)c3c(c2C)O[C@H](C2CCN(CC4COC4)CC2)CO3)c(=O)[nH]1. The van der Waals surface area contributed by atoms with Crippen molar-refractivity contribution >= 4 is 17.5 Å². The maximum atomic E-state index is 13.1. The van der Waals surface area contributed by atoms with E-state index in [0.29, 0.717) is 51.7 Å². The van der Waals surface area contributed by atoms with Gasteiger partial charge in [-0.15, -0.1) is 0 Å². The van der Waals surface area contributed by atoms with Gasteiger partial charge >= 0.3 is 0 Å². The summed E-state index contributed by atoms with van der Waals surface area (Å²) in [4.78, 5) is 30.7. The quantitative estimate of drug-likeness (QED) is 0.612. The van der Waals surface area contributed by atoms with E-state index >= 15 is 0 Å². The molecule has 0 unspecified atom stereocenters. The first kappa shape index (κ1) is 25.1. The molecule has 2 aromatic rings. The van der Waals surface area contributed by atoms with Crippen LogP contribution >= 0.6 is 11.6 Å². The molecule has 4 heterocycles. The molecule has 1 aromatic heterocycles. The number of benzene rings is 1. The van der Waals surface area contributed by atoms with E-state index in [0.717, 1.165) is 56.9 Å². The van der Waals surface area contributed by atoms with Crippen molar-refractivity contribution in [3.63, 3.8) is 0 Å². The van der Waals surface area contributed by atoms with Crippen LogP contribution in [0.25, 0.3) is 0 Å². The van der Waals surface area contributed by atoms with Crippen LogP contribution in [0.15, 0.2) is 16.9 Å². The fraction of sp³-hybridized carbons (Fsp3) is 0.556. The number of nitrogens with one attached hydrogen (secondary N) is 2. The molecule has 2 N–H and O–H groups in total. The fourth-order valence-corrected chi connectivity index (χ4v) is 5.67. The van der Waals surface area contributed by atoms with Crippen molar-refractivity contribution in [1.82, 2.24) is 15.2 Å². The molecule has 3 aliphatic rings. The van der Waals surface area contributed by atoms with E-state index in [9.17, 15) is 9.59 Å². The Morgan fingerprint density at radius 3 is 2.56 bits per heavy atom. The molecule has 1 atom stereocenters. The second-order valence-corrected chi connectivity index (χ2v) is 10.7. The van der Waals surface area contributed by atoms with E-state index in [-0.39, 0.29) is 24.1 Å². The van der Waals surface area contributed by atoms with Crippen LogP contribution in [-0.2, 0) is 11.3 Å². The average molecular weight is 516 g/mol. The predicted molar refractivity (Wildman–Crippen MR) is 137 cm³/mol. The van der Waals surface area contributed by atoms with E-state index in [1.807, 2.05) is 26.8 Å². The summed E-state index contributed by atoms with van der Waals surface area (Å²) in [6.45, 7) is 11.1. The van der Waals surface area contributed by atoms with Crippen LogP contribution in [0.3, 0.4) is 0 Å². The molecule has 2 saturated heterocycles. The first-order chi connectivity index (χ1) is 17.3. The third-order valence-electron chi connectivity index (χ3n) is 7.65. The summed E-state index contributed by atoms with van der Waals surface area (Å²) >= 11 is 6.51. The molecule has 1 amide bonds. The van der Waals surface area contributed by atoms with Crippen molar-refractivity contribution < 1.29 is 19.0 Å². The molecule has 0 spiro atoms. The first-order valence-corrected chi connectivity index (χ1v) is 13.1. The van der Waals surface area contributed by atoms with Gasteiger partial charge in [0.2, 0.25) is 0 Å². The van der Waals surface area contributed by atoms with E-state index in [1.54, 1.807) is 6.07 Å². The molecule has 5 rings (SSSR count). The minimum absolute atomic E-state index is 0.0754. The van der Waals surface area contributed by atoms with Crippen molar-refractivity contribution in [1.29, 1.82) is 0 Å². The number of aryl methyl sites for hydroxylation is 2. The third-order valence-corrected chi connectivity index (χ3v) is 7.93. The van der Waals surface area contributed by atoms with Crippen LogP contribution in [0.1, 0.15) is 45.6 Å². The van der Waals surface area contributed by atoms with Crippen LogP contribution < -0.4 is 20.3 Å². The molecular formula is C27H34ClN3O5. The predicted octanol–water partition coefficient (Wildman–Crippen LogP) is 3.38. The van der Waals surface area contributed by atoms with Gasteiger partial charge in [-0.2, -0.15) is 0 Å². The van der Waals surface area contributed by atoms with Crippen molar-refractivity contribution in [2.75, 3.05) is 39.5 Å². The first-order valence-electron chi connectivity index (χ1n) is 12.7. The number of fused-ring (bicyclic) bond motifs is 1. The summed E-state index contributed by atoms with van der Waals surface area (Å²) in [7, 11) is 0. The van der Waals surface area contributed by atoms with Crippen molar-refractivity contribution in [3.05, 3.63) is 55.5 Å². The highest BCUT2D eigenvalue weighted by Gasteiger charge is 2.35. The number of nitrogens with zero attached hydrogens (tertiary/aromatic N) is 1. The Balaban J connectivity index is 1.26. The van der Waals surface area contributed by atoms with E-state index in [2.05, 4.69) is 15.2 Å². The van der Waals surface area contributed by atoms with Crippen LogP contribution in [0.2, 0.25) is 5.02 Å². The molecule has 8 nitrogen and oxygen atoms in total. The van der Waals surface area contributed by atoms with Crippen molar-refractivity contribution in [2.24, 2.45) is 11.8 Å². The summed E-state index contributed by atoms with van der Waals surface area (Å²) in [6, 6.07) is 3.51. The molecule has 0 radical (unpaired) electrons. The number of likely N-dealkylation sites (tertiary alicyclic amines) is 1. The van der Waals surface area contributed by atoms with Crippen LogP contribution in [0.4, 0.5) is 0 Å². The largest absolute Gasteiger partial charge is 0.484 e. The smallest absolute Gasteiger partial charge is 0.253 e. The highest BCUT2D eigenvalue weighted by molar-refractivity contribution is 6.32. The lowest BCUT2D eigenvalue weighted by atomic mass is 9.90. The van der Waals surface area contributed by atoms with Gasteiger partial charge in [0.1, 0.15) is 12.7 Å². The number of aromatic amines is 1. The van der Waals surface area contributed by atoms with Crippen LogP contribution in [0, 0.1) is 32.6 Å². The van der Waals surface area contributed by atoms with Crippen LogP contribution in [0.5, 0.6) is 11.5 Å². The summed E-state index contributed by atoms with van der Waals surface area (Å²) in [5, 5.41) is 3.22. The maximum Gasteiger partial charge on any atom is 0.253 e. The zero-order valence-electron chi connectivity index (χ0n) is 21.1. The van der Waals surface area contributed by atoms with Gasteiger partial charge in [0.15, 0.2) is 11.5 Å². The van der Waals surface area contributed by atoms with Gasteiger partial charge < -0.3 is 29.4 Å². The molecule has 2 fully saturated rings. The number of halogens is 1. The lowest BCUT2D eigenvalue weighted by Gasteiger charge is -2.40. The number of ether oxygens (including phenoxy) is 3. The topological polar surface area (TPSA) is 92.9 Å². The molecule has 9 heteroatoms. The molecular weight excluding hydrogens is 482 g/mol. The normalized spacial score (nSPS) is 20.7. The number of amides is 1. The number of piperidine rings is 1. The van der Waals surface area contributed by atoms with Crippen molar-refractivity contribution in [2.45, 2.75) is 46.3 Å². The number of H-pyrrole nitrogens is 1. The Morgan fingerprint density at radius 1 is 1.14 bits per heavy atom. The van der Waals surface area contributed by atoms with E-state index < -0.39 is 0 Å². The Morgan fingerprint density at radius 2 is 1.89 bits per heavy atom. The van der Waals surface area contributed by atoms with Gasteiger partial charge in [0.05, 0.1) is 18.2 Å². The van der Waals surface area contributed by atoms with E-state index in [4.69, 9.17) is 25.8 Å². The fourth-order valence-electron chi connectivity index (χ4n) is 5.42. The second-order valence-electron chi connectivity index (χ2n) is 10.3. The molecule has 0 bridgehead atoms. The number of pyridine rings is 1. The Bertz CT molecular complexity index is 1200. The number of hydrogen-bond donors (Lipinski definition) is 2. The second kappa shape index (κ2) is 10.4. The minimum atomic E-state index is -0.310. The van der Waals surface area contributed by atoms with E-state index in [1.165, 1.54) is 0 Å². The summed E-state index contributed by atoms with van der Waals surface area (Å²) in [5.74, 6) is 1.79. The number of carbonyl (C=O) groups is 1. The van der Waals surface area contributed by atoms with Gasteiger partial charge in [-0.1, -0.05) is 11.6 Å². The highest BCUT2D eigenvalue weighted by Crippen LogP contribution is 2.44. The molecule has 0 aliphatic carbocycles. The Labute approximate surface area is 216 Å². The summed E-state index contributed by atoms with van der Waals surface area (Å²) < 4.78 is 17.8. The molecule has 194 valence electrons. The molecule has 36 heavy (non-hydrogen) atoms. The summed E-state index contributed by atoms with van der Waals surface area (Å²) in [5.41, 5.74) is 3.07. The highest BCUT2D eigenvalue weighted by atomic mass is 35.5. The zero-order valence-corrected chi connectivity index (χ0v) is 21.9. The van der Waals surface area contributed by atoms with Gasteiger partial charge in [-0.05, 0) is 64.4 Å². The van der Waals surface area contributed by atoms with Crippen molar-refractivity contribution in [3.8, 4) is 11.5 Å². The Kier molecular flexibility index (Phi) is 7.28. The molecule has 0 saturated carbocycles. The Hall–Kier alpha value is -2.55. The number of aromatic nitrogens is 1. The van der Waals surface area contributed by atoms with Gasteiger partial charge in [-0.25, -0.2) is 0 Å². The monoisotopic (exact) mass is 515 g/mol. The zero-order chi connectivity index (χ0) is 25.4. The maximum absolute atomic E-state index is 13.1. The minimum Gasteiger partial charge on any atom is -0.484 e. The lowest BCUT2D eigenvalue weighted by molar-refractivity contribution is -0.0535. The number of rotatable bonds is 6. The van der Waals surface area contributed by atoms with Gasteiger partial charge in [0.25, 0.3) is 11.5 Å². The lowest BCUT2D eigenvalue weighted by Crippen LogP contribution is -2.46. The standard InChI is InChI=1S/C27H34ClN3O5/c1-15-8-16(2)30-27(33)21(15)10-29-26(32)20-9-22(28)25-24(17(20)3)36-23(14-35-25)19-4-6-31(7-5-19)11-18-12-34-13-18/h8-9,18-19,23H,4-7,10-14H2,1-3H3,(H,29,32)(H,30,33)/t23-/m0/s1.